The van der Waals surface area contributed by atoms with Crippen molar-refractivity contribution in [2.75, 3.05) is 13.2 Å². The standard InChI is InChI=1S/C21H26FNO3/c1-2-6-21(25)26-16-20(24)15-23(13-17-7-4-3-5-8-17)14-18-9-11-19(22)12-10-18/h3-5,7-12,20,24H,2,6,13-16H2,1H3/t20-/m1/s1. The van der Waals surface area contributed by atoms with Crippen LogP contribution in [0.1, 0.15) is 30.9 Å². The van der Waals surface area contributed by atoms with Gasteiger partial charge < -0.3 is 9.84 Å². The van der Waals surface area contributed by atoms with E-state index in [1.807, 2.05) is 37.3 Å². The van der Waals surface area contributed by atoms with Crippen LogP contribution in [-0.2, 0) is 22.6 Å². The zero-order valence-corrected chi connectivity index (χ0v) is 15.1. The predicted molar refractivity (Wildman–Crippen MR) is 98.8 cm³/mol. The third-order valence-electron chi connectivity index (χ3n) is 3.93. The second kappa shape index (κ2) is 10.7. The Hall–Kier alpha value is -2.24. The summed E-state index contributed by atoms with van der Waals surface area (Å²) in [5.41, 5.74) is 2.07. The summed E-state index contributed by atoms with van der Waals surface area (Å²) >= 11 is 0. The van der Waals surface area contributed by atoms with Gasteiger partial charge in [0.2, 0.25) is 0 Å². The van der Waals surface area contributed by atoms with Crippen LogP contribution in [0.4, 0.5) is 4.39 Å². The first-order valence-electron chi connectivity index (χ1n) is 8.91. The van der Waals surface area contributed by atoms with E-state index < -0.39 is 6.10 Å². The second-order valence-corrected chi connectivity index (χ2v) is 6.37. The van der Waals surface area contributed by atoms with E-state index in [2.05, 4.69) is 4.90 Å². The third kappa shape index (κ3) is 7.33. The summed E-state index contributed by atoms with van der Waals surface area (Å²) in [6.45, 7) is 3.44. The highest BCUT2D eigenvalue weighted by Gasteiger charge is 2.15. The van der Waals surface area contributed by atoms with Gasteiger partial charge >= 0.3 is 5.97 Å². The molecule has 0 radical (unpaired) electrons. The number of carbonyl (C=O) groups is 1. The number of aliphatic hydroxyl groups excluding tert-OH is 1. The average molecular weight is 359 g/mol. The van der Waals surface area contributed by atoms with E-state index in [1.165, 1.54) is 12.1 Å². The van der Waals surface area contributed by atoms with E-state index in [0.717, 1.165) is 17.5 Å². The summed E-state index contributed by atoms with van der Waals surface area (Å²) in [5, 5.41) is 10.3. The number of hydrogen-bond donors (Lipinski definition) is 1. The molecule has 0 unspecified atom stereocenters. The Labute approximate surface area is 154 Å². The summed E-state index contributed by atoms with van der Waals surface area (Å²) in [6.07, 6.45) is 0.301. The van der Waals surface area contributed by atoms with Crippen LogP contribution in [0, 0.1) is 5.82 Å². The molecular weight excluding hydrogens is 333 g/mol. The molecule has 0 aliphatic carbocycles. The monoisotopic (exact) mass is 359 g/mol. The molecule has 5 heteroatoms. The molecule has 2 rings (SSSR count). The molecule has 0 bridgehead atoms. The molecule has 1 N–H and O–H groups in total. The average Bonchev–Trinajstić information content (AvgIpc) is 2.63. The maximum atomic E-state index is 13.1. The Morgan fingerprint density at radius 3 is 2.31 bits per heavy atom. The van der Waals surface area contributed by atoms with Gasteiger partial charge in [0.05, 0.1) is 0 Å². The van der Waals surface area contributed by atoms with Crippen LogP contribution in [0.15, 0.2) is 54.6 Å². The zero-order chi connectivity index (χ0) is 18.8. The minimum Gasteiger partial charge on any atom is -0.463 e. The van der Waals surface area contributed by atoms with Crippen LogP contribution in [-0.4, -0.2) is 35.2 Å². The molecule has 2 aromatic rings. The van der Waals surface area contributed by atoms with Crippen LogP contribution >= 0.6 is 0 Å². The van der Waals surface area contributed by atoms with Gasteiger partial charge in [-0.2, -0.15) is 0 Å². The highest BCUT2D eigenvalue weighted by Crippen LogP contribution is 2.12. The van der Waals surface area contributed by atoms with Gasteiger partial charge in [-0.05, 0) is 29.7 Å². The number of hydrogen-bond acceptors (Lipinski definition) is 4. The maximum Gasteiger partial charge on any atom is 0.305 e. The smallest absolute Gasteiger partial charge is 0.305 e. The van der Waals surface area contributed by atoms with E-state index in [1.54, 1.807) is 12.1 Å². The lowest BCUT2D eigenvalue weighted by Crippen LogP contribution is -2.34. The molecule has 0 aliphatic heterocycles. The molecule has 0 aromatic heterocycles. The fourth-order valence-corrected chi connectivity index (χ4v) is 2.69. The highest BCUT2D eigenvalue weighted by atomic mass is 19.1. The number of ether oxygens (including phenoxy) is 1. The van der Waals surface area contributed by atoms with Crippen LogP contribution < -0.4 is 0 Å². The fourth-order valence-electron chi connectivity index (χ4n) is 2.69. The summed E-state index contributed by atoms with van der Waals surface area (Å²) in [6, 6.07) is 16.3. The largest absolute Gasteiger partial charge is 0.463 e. The number of benzene rings is 2. The number of carbonyl (C=O) groups excluding carboxylic acids is 1. The lowest BCUT2D eigenvalue weighted by atomic mass is 10.1. The van der Waals surface area contributed by atoms with Crippen molar-refractivity contribution in [2.45, 2.75) is 39.0 Å². The van der Waals surface area contributed by atoms with Crippen molar-refractivity contribution in [3.63, 3.8) is 0 Å². The SMILES string of the molecule is CCCC(=O)OC[C@H](O)CN(Cc1ccccc1)Cc1ccc(F)cc1. The number of esters is 1. The van der Waals surface area contributed by atoms with Crippen molar-refractivity contribution < 1.29 is 19.0 Å². The molecule has 140 valence electrons. The molecule has 26 heavy (non-hydrogen) atoms. The van der Waals surface area contributed by atoms with Crippen molar-refractivity contribution in [2.24, 2.45) is 0 Å². The molecule has 0 spiro atoms. The first kappa shape index (κ1) is 20.1. The van der Waals surface area contributed by atoms with Gasteiger partial charge in [0.1, 0.15) is 18.5 Å². The van der Waals surface area contributed by atoms with E-state index >= 15 is 0 Å². The number of nitrogens with zero attached hydrogens (tertiary/aromatic N) is 1. The number of halogens is 1. The molecule has 0 heterocycles. The van der Waals surface area contributed by atoms with E-state index in [-0.39, 0.29) is 18.4 Å². The van der Waals surface area contributed by atoms with E-state index in [4.69, 9.17) is 4.74 Å². The highest BCUT2D eigenvalue weighted by molar-refractivity contribution is 5.69. The van der Waals surface area contributed by atoms with Gasteiger partial charge in [-0.1, -0.05) is 49.4 Å². The quantitative estimate of drug-likeness (QED) is 0.660. The van der Waals surface area contributed by atoms with Gasteiger partial charge in [-0.3, -0.25) is 9.69 Å². The maximum absolute atomic E-state index is 13.1. The van der Waals surface area contributed by atoms with Crippen molar-refractivity contribution >= 4 is 5.97 Å². The Morgan fingerprint density at radius 2 is 1.69 bits per heavy atom. The molecular formula is C21H26FNO3. The Kier molecular flexibility index (Phi) is 8.25. The topological polar surface area (TPSA) is 49.8 Å². The Morgan fingerprint density at radius 1 is 1.08 bits per heavy atom. The summed E-state index contributed by atoms with van der Waals surface area (Å²) in [7, 11) is 0. The number of aliphatic hydroxyl groups is 1. The molecule has 0 saturated heterocycles. The molecule has 4 nitrogen and oxygen atoms in total. The molecule has 2 aromatic carbocycles. The van der Waals surface area contributed by atoms with Gasteiger partial charge in [0, 0.05) is 26.1 Å². The van der Waals surface area contributed by atoms with Crippen LogP contribution in [0.25, 0.3) is 0 Å². The van der Waals surface area contributed by atoms with Gasteiger partial charge in [0.15, 0.2) is 0 Å². The molecule has 0 fully saturated rings. The van der Waals surface area contributed by atoms with Crippen molar-refractivity contribution in [3.05, 3.63) is 71.5 Å². The normalized spacial score (nSPS) is 12.2. The molecule has 0 aliphatic rings. The third-order valence-corrected chi connectivity index (χ3v) is 3.93. The van der Waals surface area contributed by atoms with Crippen LogP contribution in [0.3, 0.4) is 0 Å². The van der Waals surface area contributed by atoms with Gasteiger partial charge in [-0.15, -0.1) is 0 Å². The van der Waals surface area contributed by atoms with Gasteiger partial charge in [-0.25, -0.2) is 4.39 Å². The minimum absolute atomic E-state index is 0.0203. The van der Waals surface area contributed by atoms with Crippen LogP contribution in [0.2, 0.25) is 0 Å². The Balaban J connectivity index is 1.97. The number of rotatable bonds is 10. The molecule has 0 saturated carbocycles. The lowest BCUT2D eigenvalue weighted by molar-refractivity contribution is -0.147. The fraction of sp³-hybridized carbons (Fsp3) is 0.381. The zero-order valence-electron chi connectivity index (χ0n) is 15.1. The van der Waals surface area contributed by atoms with Crippen molar-refractivity contribution in [3.8, 4) is 0 Å². The first-order chi connectivity index (χ1) is 12.6. The molecule has 0 amide bonds. The Bertz CT molecular complexity index is 661. The van der Waals surface area contributed by atoms with E-state index in [9.17, 15) is 14.3 Å². The minimum atomic E-state index is -0.778. The lowest BCUT2D eigenvalue weighted by Gasteiger charge is -2.25. The predicted octanol–water partition coefficient (Wildman–Crippen LogP) is 3.53. The van der Waals surface area contributed by atoms with Crippen molar-refractivity contribution in [1.82, 2.24) is 4.90 Å². The first-order valence-corrected chi connectivity index (χ1v) is 8.91. The summed E-state index contributed by atoms with van der Waals surface area (Å²) in [5.74, 6) is -0.564. The van der Waals surface area contributed by atoms with Crippen molar-refractivity contribution in [1.29, 1.82) is 0 Å². The van der Waals surface area contributed by atoms with Crippen LogP contribution in [0.5, 0.6) is 0 Å². The molecule has 1 atom stereocenters. The van der Waals surface area contributed by atoms with Gasteiger partial charge in [0.25, 0.3) is 0 Å². The second-order valence-electron chi connectivity index (χ2n) is 6.37. The summed E-state index contributed by atoms with van der Waals surface area (Å²) in [4.78, 5) is 13.5. The van der Waals surface area contributed by atoms with E-state index in [0.29, 0.717) is 26.1 Å². The summed E-state index contributed by atoms with van der Waals surface area (Å²) < 4.78 is 18.2.